The summed E-state index contributed by atoms with van der Waals surface area (Å²) in [6, 6.07) is 5.93. The first-order valence-electron chi connectivity index (χ1n) is 7.09. The molecular formula is C15H21BrClN3. The lowest BCUT2D eigenvalue weighted by Crippen LogP contribution is -2.51. The van der Waals surface area contributed by atoms with Crippen LogP contribution >= 0.6 is 27.5 Å². The highest BCUT2D eigenvalue weighted by atomic mass is 79.9. The van der Waals surface area contributed by atoms with Crippen molar-refractivity contribution in [3.8, 4) is 0 Å². The van der Waals surface area contributed by atoms with Crippen LogP contribution in [-0.4, -0.2) is 18.0 Å². The van der Waals surface area contributed by atoms with Gasteiger partial charge in [-0.15, -0.1) is 0 Å². The zero-order valence-electron chi connectivity index (χ0n) is 12.0. The summed E-state index contributed by atoms with van der Waals surface area (Å²) in [4.78, 5) is 6.68. The molecule has 20 heavy (non-hydrogen) atoms. The van der Waals surface area contributed by atoms with Gasteiger partial charge in [-0.2, -0.15) is 0 Å². The zero-order chi connectivity index (χ0) is 14.8. The highest BCUT2D eigenvalue weighted by molar-refractivity contribution is 9.10. The Labute approximate surface area is 134 Å². The smallest absolute Gasteiger partial charge is 0.196 e. The first-order valence-corrected chi connectivity index (χ1v) is 8.26. The van der Waals surface area contributed by atoms with Gasteiger partial charge in [0.15, 0.2) is 5.96 Å². The Hall–Kier alpha value is -0.740. The lowest BCUT2D eigenvalue weighted by molar-refractivity contribution is 0.394. The molecule has 1 aromatic carbocycles. The minimum Gasteiger partial charge on any atom is -0.369 e. The molecule has 1 aliphatic rings. The third-order valence-corrected chi connectivity index (χ3v) is 5.27. The van der Waals surface area contributed by atoms with Crippen LogP contribution in [0.4, 0.5) is 5.69 Å². The van der Waals surface area contributed by atoms with Gasteiger partial charge in [0.1, 0.15) is 0 Å². The van der Waals surface area contributed by atoms with Crippen LogP contribution < -0.4 is 10.6 Å². The van der Waals surface area contributed by atoms with E-state index in [1.807, 2.05) is 18.2 Å². The number of aliphatic imine (C=N–C) groups is 1. The molecule has 0 amide bonds. The van der Waals surface area contributed by atoms with E-state index in [1.54, 1.807) is 0 Å². The topological polar surface area (TPSA) is 41.6 Å². The highest BCUT2D eigenvalue weighted by Crippen LogP contribution is 2.37. The molecule has 1 atom stereocenters. The molecule has 1 aromatic rings. The molecule has 1 heterocycles. The van der Waals surface area contributed by atoms with Crippen LogP contribution in [0.1, 0.15) is 39.5 Å². The molecule has 2 rings (SSSR count). The molecule has 0 spiro atoms. The van der Waals surface area contributed by atoms with Crippen molar-refractivity contribution in [3.05, 3.63) is 27.7 Å². The normalized spacial score (nSPS) is 22.2. The number of benzene rings is 1. The Morgan fingerprint density at radius 2 is 2.20 bits per heavy atom. The molecular weight excluding hydrogens is 338 g/mol. The molecule has 1 aliphatic heterocycles. The maximum absolute atomic E-state index is 6.15. The molecule has 0 saturated carbocycles. The van der Waals surface area contributed by atoms with Gasteiger partial charge in [0.05, 0.1) is 17.1 Å². The van der Waals surface area contributed by atoms with Crippen molar-refractivity contribution in [2.75, 3.05) is 11.4 Å². The Morgan fingerprint density at radius 3 is 2.80 bits per heavy atom. The van der Waals surface area contributed by atoms with E-state index in [0.29, 0.717) is 11.0 Å². The standard InChI is InChI=1S/C15H21BrClN3/c1-3-5-8-15(4-2)10-19-14(18)20(15)11-6-7-13(17)12(16)9-11/h6-7,9H,3-5,8,10H2,1-2H3,(H2,18,19). The van der Waals surface area contributed by atoms with Crippen LogP contribution in [0.2, 0.25) is 5.02 Å². The lowest BCUT2D eigenvalue weighted by atomic mass is 9.88. The van der Waals surface area contributed by atoms with E-state index < -0.39 is 0 Å². The summed E-state index contributed by atoms with van der Waals surface area (Å²) in [6.07, 6.45) is 4.49. The van der Waals surface area contributed by atoms with E-state index >= 15 is 0 Å². The molecule has 110 valence electrons. The van der Waals surface area contributed by atoms with Crippen LogP contribution in [0, 0.1) is 0 Å². The van der Waals surface area contributed by atoms with Crippen LogP contribution in [0.15, 0.2) is 27.7 Å². The van der Waals surface area contributed by atoms with Gasteiger partial charge in [0.2, 0.25) is 0 Å². The Bertz CT molecular complexity index is 518. The third kappa shape index (κ3) is 2.82. The van der Waals surface area contributed by atoms with Gasteiger partial charge in [-0.25, -0.2) is 0 Å². The van der Waals surface area contributed by atoms with Gasteiger partial charge in [0.25, 0.3) is 0 Å². The summed E-state index contributed by atoms with van der Waals surface area (Å²) in [6.45, 7) is 5.20. The van der Waals surface area contributed by atoms with Crippen molar-refractivity contribution in [2.45, 2.75) is 45.1 Å². The van der Waals surface area contributed by atoms with Gasteiger partial charge >= 0.3 is 0 Å². The van der Waals surface area contributed by atoms with E-state index in [-0.39, 0.29) is 5.54 Å². The van der Waals surface area contributed by atoms with E-state index in [2.05, 4.69) is 39.7 Å². The van der Waals surface area contributed by atoms with Gasteiger partial charge in [0, 0.05) is 10.2 Å². The van der Waals surface area contributed by atoms with E-state index in [1.165, 1.54) is 12.8 Å². The molecule has 0 aromatic heterocycles. The first-order chi connectivity index (χ1) is 9.54. The summed E-state index contributed by atoms with van der Waals surface area (Å²) in [5.74, 6) is 0.608. The number of rotatable bonds is 5. The predicted molar refractivity (Wildman–Crippen MR) is 90.7 cm³/mol. The maximum Gasteiger partial charge on any atom is 0.196 e. The number of halogens is 2. The minimum atomic E-state index is 0.00730. The summed E-state index contributed by atoms with van der Waals surface area (Å²) in [7, 11) is 0. The van der Waals surface area contributed by atoms with Crippen molar-refractivity contribution in [1.82, 2.24) is 0 Å². The maximum atomic E-state index is 6.15. The fourth-order valence-electron chi connectivity index (χ4n) is 2.79. The lowest BCUT2D eigenvalue weighted by Gasteiger charge is -2.39. The molecule has 1 unspecified atom stereocenters. The van der Waals surface area contributed by atoms with Crippen LogP contribution in [-0.2, 0) is 0 Å². The fraction of sp³-hybridized carbons (Fsp3) is 0.533. The number of nitrogens with zero attached hydrogens (tertiary/aromatic N) is 2. The number of unbranched alkanes of at least 4 members (excludes halogenated alkanes) is 1. The van der Waals surface area contributed by atoms with Gasteiger partial charge < -0.3 is 10.6 Å². The average Bonchev–Trinajstić information content (AvgIpc) is 2.77. The van der Waals surface area contributed by atoms with E-state index in [4.69, 9.17) is 17.3 Å². The largest absolute Gasteiger partial charge is 0.369 e. The third-order valence-electron chi connectivity index (χ3n) is 4.05. The van der Waals surface area contributed by atoms with Crippen LogP contribution in [0.25, 0.3) is 0 Å². The number of hydrogen-bond donors (Lipinski definition) is 1. The predicted octanol–water partition coefficient (Wildman–Crippen LogP) is 4.58. The summed E-state index contributed by atoms with van der Waals surface area (Å²) >= 11 is 9.57. The zero-order valence-corrected chi connectivity index (χ0v) is 14.3. The van der Waals surface area contributed by atoms with E-state index in [9.17, 15) is 0 Å². The molecule has 0 bridgehead atoms. The summed E-state index contributed by atoms with van der Waals surface area (Å²) in [5, 5.41) is 0.708. The molecule has 0 fully saturated rings. The average molecular weight is 359 g/mol. The van der Waals surface area contributed by atoms with Crippen LogP contribution in [0.5, 0.6) is 0 Å². The monoisotopic (exact) mass is 357 g/mol. The summed E-state index contributed by atoms with van der Waals surface area (Å²) in [5.41, 5.74) is 7.21. The first kappa shape index (κ1) is 15.6. The second kappa shape index (κ2) is 6.35. The Morgan fingerprint density at radius 1 is 1.45 bits per heavy atom. The van der Waals surface area contributed by atoms with Crippen LogP contribution in [0.3, 0.4) is 0 Å². The molecule has 0 aliphatic carbocycles. The SMILES string of the molecule is CCCCC1(CC)CN=C(N)N1c1ccc(Cl)c(Br)c1. The quantitative estimate of drug-likeness (QED) is 0.837. The number of nitrogens with two attached hydrogens (primary N) is 1. The molecule has 5 heteroatoms. The van der Waals surface area contributed by atoms with Crippen molar-refractivity contribution in [1.29, 1.82) is 0 Å². The molecule has 2 N–H and O–H groups in total. The number of anilines is 1. The molecule has 0 saturated heterocycles. The molecule has 0 radical (unpaired) electrons. The second-order valence-electron chi connectivity index (χ2n) is 5.29. The van der Waals surface area contributed by atoms with Crippen molar-refractivity contribution < 1.29 is 0 Å². The van der Waals surface area contributed by atoms with Crippen molar-refractivity contribution in [2.24, 2.45) is 10.7 Å². The van der Waals surface area contributed by atoms with Crippen molar-refractivity contribution >= 4 is 39.2 Å². The summed E-state index contributed by atoms with van der Waals surface area (Å²) < 4.78 is 0.886. The molecule has 3 nitrogen and oxygen atoms in total. The Kier molecular flexibility index (Phi) is 4.97. The van der Waals surface area contributed by atoms with Gasteiger partial charge in [-0.1, -0.05) is 38.3 Å². The fourth-order valence-corrected chi connectivity index (χ4v) is 3.27. The Balaban J connectivity index is 2.38. The minimum absolute atomic E-state index is 0.00730. The van der Waals surface area contributed by atoms with Gasteiger partial charge in [-0.3, -0.25) is 4.99 Å². The number of hydrogen-bond acceptors (Lipinski definition) is 3. The highest BCUT2D eigenvalue weighted by Gasteiger charge is 2.41. The number of guanidine groups is 1. The van der Waals surface area contributed by atoms with E-state index in [0.717, 1.165) is 29.5 Å². The second-order valence-corrected chi connectivity index (χ2v) is 6.55. The van der Waals surface area contributed by atoms with Gasteiger partial charge in [-0.05, 0) is 47.0 Å². The van der Waals surface area contributed by atoms with Crippen molar-refractivity contribution in [3.63, 3.8) is 0 Å².